The Morgan fingerprint density at radius 1 is 1.47 bits per heavy atom. The van der Waals surface area contributed by atoms with Crippen LogP contribution in [0.4, 0.5) is 0 Å². The van der Waals surface area contributed by atoms with Crippen molar-refractivity contribution in [1.29, 1.82) is 0 Å². The average molecular weight is 278 g/mol. The van der Waals surface area contributed by atoms with E-state index in [1.165, 1.54) is 0 Å². The normalized spacial score (nSPS) is 12.0. The van der Waals surface area contributed by atoms with Crippen molar-refractivity contribution in [2.45, 2.75) is 32.1 Å². The highest BCUT2D eigenvalue weighted by Crippen LogP contribution is 2.27. The minimum Gasteiger partial charge on any atom is -0.478 e. The molecular weight excluding hydrogens is 260 g/mol. The molecule has 1 aromatic heterocycles. The molecule has 4 nitrogen and oxygen atoms in total. The molecule has 0 aliphatic heterocycles. The first-order valence-electron chi connectivity index (χ1n) is 6.09. The van der Waals surface area contributed by atoms with E-state index in [-0.39, 0.29) is 4.75 Å². The molecule has 0 aliphatic rings. The lowest BCUT2D eigenvalue weighted by Crippen LogP contribution is -2.23. The van der Waals surface area contributed by atoms with Gasteiger partial charge in [0.25, 0.3) is 0 Å². The van der Waals surface area contributed by atoms with Crippen LogP contribution in [0.2, 0.25) is 0 Å². The van der Waals surface area contributed by atoms with Gasteiger partial charge in [-0.15, -0.1) is 0 Å². The van der Waals surface area contributed by atoms with Crippen molar-refractivity contribution in [3.05, 3.63) is 29.6 Å². The molecule has 102 valence electrons. The summed E-state index contributed by atoms with van der Waals surface area (Å²) < 4.78 is 2.18. The summed E-state index contributed by atoms with van der Waals surface area (Å²) in [4.78, 5) is 15.6. The Balaban J connectivity index is 2.56. The van der Waals surface area contributed by atoms with E-state index in [9.17, 15) is 4.79 Å². The van der Waals surface area contributed by atoms with Crippen LogP contribution in [0.5, 0.6) is 0 Å². The Hall–Kier alpha value is -1.49. The van der Waals surface area contributed by atoms with Gasteiger partial charge in [0.2, 0.25) is 0 Å². The molecule has 5 heteroatoms. The van der Waals surface area contributed by atoms with E-state index in [2.05, 4.69) is 29.7 Å². The topological polar surface area (TPSA) is 55.1 Å². The number of aromatic carboxylic acids is 1. The van der Waals surface area contributed by atoms with Gasteiger partial charge in [0.05, 0.1) is 16.6 Å². The summed E-state index contributed by atoms with van der Waals surface area (Å²) >= 11 is 1.79. The first-order chi connectivity index (χ1) is 8.84. The van der Waals surface area contributed by atoms with Gasteiger partial charge >= 0.3 is 5.97 Å². The van der Waals surface area contributed by atoms with Gasteiger partial charge in [-0.2, -0.15) is 11.8 Å². The van der Waals surface area contributed by atoms with Crippen LogP contribution >= 0.6 is 11.8 Å². The van der Waals surface area contributed by atoms with E-state index in [1.54, 1.807) is 30.0 Å². The number of carboxylic acids is 1. The molecule has 0 spiro atoms. The van der Waals surface area contributed by atoms with Crippen molar-refractivity contribution in [2.75, 3.05) is 6.26 Å². The smallest absolute Gasteiger partial charge is 0.335 e. The summed E-state index contributed by atoms with van der Waals surface area (Å²) in [6.45, 7) is 7.10. The second kappa shape index (κ2) is 4.89. The third-order valence-corrected chi connectivity index (χ3v) is 4.51. The number of carboxylic acid groups (broad SMARTS) is 1. The van der Waals surface area contributed by atoms with E-state index in [0.717, 1.165) is 23.4 Å². The lowest BCUT2D eigenvalue weighted by molar-refractivity contribution is 0.0697. The van der Waals surface area contributed by atoms with Gasteiger partial charge in [0.1, 0.15) is 5.82 Å². The zero-order valence-electron chi connectivity index (χ0n) is 11.6. The molecule has 2 aromatic rings. The van der Waals surface area contributed by atoms with E-state index < -0.39 is 5.97 Å². The van der Waals surface area contributed by atoms with Crippen molar-refractivity contribution in [1.82, 2.24) is 9.55 Å². The highest BCUT2D eigenvalue weighted by molar-refractivity contribution is 7.99. The molecule has 0 radical (unpaired) electrons. The summed E-state index contributed by atoms with van der Waals surface area (Å²) in [5, 5.41) is 9.09. The molecule has 0 amide bonds. The predicted octanol–water partition coefficient (Wildman–Crippen LogP) is 3.18. The average Bonchev–Trinajstić information content (AvgIpc) is 2.65. The third-order valence-electron chi connectivity index (χ3n) is 3.28. The van der Waals surface area contributed by atoms with E-state index in [4.69, 9.17) is 5.11 Å². The number of carbonyl (C=O) groups is 1. The van der Waals surface area contributed by atoms with Crippen molar-refractivity contribution in [2.24, 2.45) is 0 Å². The summed E-state index contributed by atoms with van der Waals surface area (Å²) in [7, 11) is 0. The predicted molar refractivity (Wildman–Crippen MR) is 79.0 cm³/mol. The molecule has 0 saturated heterocycles. The van der Waals surface area contributed by atoms with E-state index in [1.807, 2.05) is 6.92 Å². The molecule has 0 unspecified atom stereocenters. The number of aryl methyl sites for hydroxylation is 1. The van der Waals surface area contributed by atoms with Crippen molar-refractivity contribution in [3.8, 4) is 0 Å². The number of benzene rings is 1. The molecule has 2 rings (SSSR count). The van der Waals surface area contributed by atoms with Crippen LogP contribution in [0, 0.1) is 6.92 Å². The molecule has 1 aromatic carbocycles. The number of imidazole rings is 1. The number of hydrogen-bond acceptors (Lipinski definition) is 3. The Labute approximate surface area is 116 Å². The standard InChI is InChI=1S/C14H18N2O2S/c1-9-15-11-6-5-10(13(17)18)7-12(11)16(9)8-14(2,3)19-4/h5-7H,8H2,1-4H3,(H,17,18). The van der Waals surface area contributed by atoms with Crippen molar-refractivity contribution in [3.63, 3.8) is 0 Å². The van der Waals surface area contributed by atoms with Crippen LogP contribution in [-0.2, 0) is 6.54 Å². The number of nitrogens with zero attached hydrogens (tertiary/aromatic N) is 2. The number of aromatic nitrogens is 2. The fraction of sp³-hybridized carbons (Fsp3) is 0.429. The molecule has 0 saturated carbocycles. The first-order valence-corrected chi connectivity index (χ1v) is 7.32. The lowest BCUT2D eigenvalue weighted by atomic mass is 10.1. The Morgan fingerprint density at radius 2 is 2.16 bits per heavy atom. The number of thioether (sulfide) groups is 1. The van der Waals surface area contributed by atoms with Crippen molar-refractivity contribution < 1.29 is 9.90 Å². The maximum atomic E-state index is 11.1. The second-order valence-electron chi connectivity index (χ2n) is 5.22. The van der Waals surface area contributed by atoms with Gasteiger partial charge in [-0.1, -0.05) is 0 Å². The number of rotatable bonds is 4. The minimum absolute atomic E-state index is 0.0810. The van der Waals surface area contributed by atoms with Crippen LogP contribution in [0.15, 0.2) is 18.2 Å². The van der Waals surface area contributed by atoms with Gasteiger partial charge < -0.3 is 9.67 Å². The van der Waals surface area contributed by atoms with E-state index in [0.29, 0.717) is 5.56 Å². The van der Waals surface area contributed by atoms with Crippen LogP contribution in [0.1, 0.15) is 30.0 Å². The Kier molecular flexibility index (Phi) is 3.58. The fourth-order valence-electron chi connectivity index (χ4n) is 2.02. The third kappa shape index (κ3) is 2.76. The van der Waals surface area contributed by atoms with Crippen LogP contribution < -0.4 is 0 Å². The van der Waals surface area contributed by atoms with Gasteiger partial charge in [-0.3, -0.25) is 0 Å². The van der Waals surface area contributed by atoms with Gasteiger partial charge in [-0.05, 0) is 45.2 Å². The van der Waals surface area contributed by atoms with Gasteiger partial charge in [0.15, 0.2) is 0 Å². The first kappa shape index (κ1) is 13.9. The Morgan fingerprint density at radius 3 is 2.74 bits per heavy atom. The highest BCUT2D eigenvalue weighted by Gasteiger charge is 2.20. The molecule has 19 heavy (non-hydrogen) atoms. The lowest BCUT2D eigenvalue weighted by Gasteiger charge is -2.23. The molecule has 0 atom stereocenters. The maximum Gasteiger partial charge on any atom is 0.335 e. The van der Waals surface area contributed by atoms with Crippen molar-refractivity contribution >= 4 is 28.8 Å². The Bertz CT molecular complexity index is 632. The molecule has 0 fully saturated rings. The molecular formula is C14H18N2O2S. The molecule has 0 aliphatic carbocycles. The van der Waals surface area contributed by atoms with Gasteiger partial charge in [0, 0.05) is 11.3 Å². The van der Waals surface area contributed by atoms with Crippen LogP contribution in [0.3, 0.4) is 0 Å². The maximum absolute atomic E-state index is 11.1. The number of fused-ring (bicyclic) bond motifs is 1. The summed E-state index contributed by atoms with van der Waals surface area (Å²) in [5.41, 5.74) is 2.04. The SMILES string of the molecule is CSC(C)(C)Cn1c(C)nc2ccc(C(=O)O)cc21. The second-order valence-corrected chi connectivity index (χ2v) is 6.73. The molecule has 1 heterocycles. The molecule has 0 bridgehead atoms. The zero-order chi connectivity index (χ0) is 14.2. The van der Waals surface area contributed by atoms with E-state index >= 15 is 0 Å². The monoisotopic (exact) mass is 278 g/mol. The van der Waals surface area contributed by atoms with Gasteiger partial charge in [-0.25, -0.2) is 9.78 Å². The summed E-state index contributed by atoms with van der Waals surface area (Å²) in [5.74, 6) is 0.0103. The van der Waals surface area contributed by atoms with Crippen LogP contribution in [-0.4, -0.2) is 31.6 Å². The molecule has 1 N–H and O–H groups in total. The summed E-state index contributed by atoms with van der Waals surface area (Å²) in [6, 6.07) is 5.07. The fourth-order valence-corrected chi connectivity index (χ4v) is 2.28. The largest absolute Gasteiger partial charge is 0.478 e. The summed E-state index contributed by atoms with van der Waals surface area (Å²) in [6.07, 6.45) is 2.08. The zero-order valence-corrected chi connectivity index (χ0v) is 12.4. The highest BCUT2D eigenvalue weighted by atomic mass is 32.2. The number of hydrogen-bond donors (Lipinski definition) is 1. The quantitative estimate of drug-likeness (QED) is 0.933. The van der Waals surface area contributed by atoms with Crippen LogP contribution in [0.25, 0.3) is 11.0 Å². The minimum atomic E-state index is -0.906.